The van der Waals surface area contributed by atoms with E-state index in [0.717, 1.165) is 23.5 Å². The Kier molecular flexibility index (Phi) is 5.61. The number of ether oxygens (including phenoxy) is 1. The molecule has 26 heavy (non-hydrogen) atoms. The minimum atomic E-state index is -0.211. The molecule has 3 rings (SSSR count). The minimum Gasteiger partial charge on any atom is -0.490 e. The maximum Gasteiger partial charge on any atom is 0.322 e. The Morgan fingerprint density at radius 2 is 2.19 bits per heavy atom. The number of hydrogen-bond acceptors (Lipinski definition) is 4. The summed E-state index contributed by atoms with van der Waals surface area (Å²) in [5, 5.41) is 3.36. The van der Waals surface area contributed by atoms with Crippen molar-refractivity contribution < 1.29 is 9.53 Å². The molecule has 1 aromatic carbocycles. The number of hydrogen-bond donors (Lipinski definition) is 1. The molecule has 2 heterocycles. The second-order valence-corrected chi connectivity index (χ2v) is 7.10. The fourth-order valence-corrected chi connectivity index (χ4v) is 3.12. The first-order valence-electron chi connectivity index (χ1n) is 8.78. The van der Waals surface area contributed by atoms with Crippen LogP contribution in [0.1, 0.15) is 37.9 Å². The van der Waals surface area contributed by atoms with E-state index in [1.54, 1.807) is 23.1 Å². The molecular weight excluding hydrogens is 352 g/mol. The van der Waals surface area contributed by atoms with Gasteiger partial charge < -0.3 is 15.0 Å². The zero-order valence-electron chi connectivity index (χ0n) is 15.3. The third-order valence-electron chi connectivity index (χ3n) is 4.08. The Morgan fingerprint density at radius 3 is 2.92 bits per heavy atom. The number of aromatic nitrogens is 2. The van der Waals surface area contributed by atoms with Gasteiger partial charge in [-0.05, 0) is 25.0 Å². The third-order valence-corrected chi connectivity index (χ3v) is 4.38. The number of carbonyl (C=O) groups is 1. The van der Waals surface area contributed by atoms with Gasteiger partial charge in [-0.2, -0.15) is 0 Å². The van der Waals surface area contributed by atoms with Crippen molar-refractivity contribution in [1.29, 1.82) is 0 Å². The summed E-state index contributed by atoms with van der Waals surface area (Å²) in [5.74, 6) is 1.81. The van der Waals surface area contributed by atoms with Crippen molar-refractivity contribution in [2.45, 2.75) is 40.3 Å². The first-order chi connectivity index (χ1) is 12.5. The summed E-state index contributed by atoms with van der Waals surface area (Å²) < 4.78 is 5.56. The van der Waals surface area contributed by atoms with Gasteiger partial charge in [0.05, 0.1) is 36.1 Å². The zero-order chi connectivity index (χ0) is 18.7. The van der Waals surface area contributed by atoms with Crippen molar-refractivity contribution >= 4 is 23.3 Å². The van der Waals surface area contributed by atoms with Gasteiger partial charge in [0, 0.05) is 18.2 Å². The summed E-state index contributed by atoms with van der Waals surface area (Å²) in [7, 11) is 0. The Labute approximate surface area is 158 Å². The van der Waals surface area contributed by atoms with E-state index < -0.39 is 0 Å². The van der Waals surface area contributed by atoms with E-state index in [-0.39, 0.29) is 6.03 Å². The first kappa shape index (κ1) is 18.5. The van der Waals surface area contributed by atoms with Crippen LogP contribution in [0.5, 0.6) is 5.75 Å². The molecule has 0 aliphatic carbocycles. The van der Waals surface area contributed by atoms with Crippen molar-refractivity contribution in [3.63, 3.8) is 0 Å². The van der Waals surface area contributed by atoms with Crippen LogP contribution >= 0.6 is 11.6 Å². The minimum absolute atomic E-state index is 0.211. The number of nitrogens with zero attached hydrogens (tertiary/aromatic N) is 3. The predicted octanol–water partition coefficient (Wildman–Crippen LogP) is 4.27. The van der Waals surface area contributed by atoms with E-state index in [1.165, 1.54) is 0 Å². The van der Waals surface area contributed by atoms with Crippen LogP contribution in [-0.4, -0.2) is 27.5 Å². The number of anilines is 1. The number of benzene rings is 1. The highest BCUT2D eigenvalue weighted by molar-refractivity contribution is 6.32. The molecule has 0 atom stereocenters. The van der Waals surface area contributed by atoms with Gasteiger partial charge in [-0.25, -0.2) is 14.8 Å². The summed E-state index contributed by atoms with van der Waals surface area (Å²) in [5.41, 5.74) is 2.47. The Balaban J connectivity index is 1.71. The number of carbonyl (C=O) groups excluding carboxylic acids is 1. The summed E-state index contributed by atoms with van der Waals surface area (Å²) in [6.45, 7) is 7.58. The van der Waals surface area contributed by atoms with Crippen LogP contribution in [0.4, 0.5) is 10.5 Å². The zero-order valence-corrected chi connectivity index (χ0v) is 16.0. The van der Waals surface area contributed by atoms with Crippen molar-refractivity contribution in [2.24, 2.45) is 5.92 Å². The normalized spacial score (nSPS) is 13.0. The molecule has 6 nitrogen and oxygen atoms in total. The number of halogens is 1. The Morgan fingerprint density at radius 1 is 1.38 bits per heavy atom. The largest absolute Gasteiger partial charge is 0.490 e. The molecule has 0 spiro atoms. The van der Waals surface area contributed by atoms with Crippen LogP contribution in [0.15, 0.2) is 24.4 Å². The number of nitrogens with one attached hydrogen (secondary N) is 1. The van der Waals surface area contributed by atoms with Gasteiger partial charge in [0.1, 0.15) is 5.82 Å². The SMILES string of the molecule is CCOc1c(Cl)cccc1NC(=O)N1Cc2cnc(CC(C)C)nc2C1. The van der Waals surface area contributed by atoms with Crippen molar-refractivity contribution in [3.8, 4) is 5.75 Å². The van der Waals surface area contributed by atoms with Crippen molar-refractivity contribution in [2.75, 3.05) is 11.9 Å². The summed E-state index contributed by atoms with van der Waals surface area (Å²) in [6, 6.07) is 5.08. The van der Waals surface area contributed by atoms with Gasteiger partial charge in [-0.3, -0.25) is 0 Å². The maximum absolute atomic E-state index is 12.7. The van der Waals surface area contributed by atoms with Gasteiger partial charge in [0.15, 0.2) is 5.75 Å². The second kappa shape index (κ2) is 7.91. The molecule has 1 N–H and O–H groups in total. The van der Waals surface area contributed by atoms with E-state index in [4.69, 9.17) is 16.3 Å². The molecule has 0 saturated carbocycles. The molecule has 0 bridgehead atoms. The molecule has 0 unspecified atom stereocenters. The molecule has 0 fully saturated rings. The fourth-order valence-electron chi connectivity index (χ4n) is 2.89. The summed E-state index contributed by atoms with van der Waals surface area (Å²) in [4.78, 5) is 23.4. The topological polar surface area (TPSA) is 67.3 Å². The van der Waals surface area contributed by atoms with Gasteiger partial charge in [0.2, 0.25) is 0 Å². The van der Waals surface area contributed by atoms with Crippen LogP contribution in [0, 0.1) is 5.92 Å². The number of urea groups is 1. The van der Waals surface area contributed by atoms with Crippen LogP contribution in [0.25, 0.3) is 0 Å². The van der Waals surface area contributed by atoms with Gasteiger partial charge in [-0.1, -0.05) is 31.5 Å². The number of amides is 2. The van der Waals surface area contributed by atoms with Crippen molar-refractivity contribution in [3.05, 3.63) is 46.5 Å². The van der Waals surface area contributed by atoms with Crippen LogP contribution in [-0.2, 0) is 19.5 Å². The molecule has 1 aliphatic rings. The molecule has 0 saturated heterocycles. The average molecular weight is 375 g/mol. The first-order valence-corrected chi connectivity index (χ1v) is 9.16. The lowest BCUT2D eigenvalue weighted by atomic mass is 10.1. The third kappa shape index (κ3) is 4.07. The van der Waals surface area contributed by atoms with E-state index in [9.17, 15) is 4.79 Å². The van der Waals surface area contributed by atoms with Gasteiger partial charge in [-0.15, -0.1) is 0 Å². The molecule has 138 valence electrons. The van der Waals surface area contributed by atoms with E-state index >= 15 is 0 Å². The Bertz CT molecular complexity index is 810. The molecule has 2 aromatic rings. The fraction of sp³-hybridized carbons (Fsp3) is 0.421. The lowest BCUT2D eigenvalue weighted by molar-refractivity contribution is 0.212. The predicted molar refractivity (Wildman–Crippen MR) is 101 cm³/mol. The number of para-hydroxylation sites is 1. The highest BCUT2D eigenvalue weighted by atomic mass is 35.5. The molecule has 2 amide bonds. The highest BCUT2D eigenvalue weighted by Gasteiger charge is 2.26. The quantitative estimate of drug-likeness (QED) is 0.848. The molecule has 0 radical (unpaired) electrons. The van der Waals surface area contributed by atoms with E-state index in [0.29, 0.717) is 42.1 Å². The smallest absolute Gasteiger partial charge is 0.322 e. The summed E-state index contributed by atoms with van der Waals surface area (Å²) >= 11 is 6.17. The lowest BCUT2D eigenvalue weighted by Gasteiger charge is -2.18. The monoisotopic (exact) mass is 374 g/mol. The van der Waals surface area contributed by atoms with Gasteiger partial charge in [0.25, 0.3) is 0 Å². The molecule has 7 heteroatoms. The summed E-state index contributed by atoms with van der Waals surface area (Å²) in [6.07, 6.45) is 2.66. The number of fused-ring (bicyclic) bond motifs is 1. The maximum atomic E-state index is 12.7. The van der Waals surface area contributed by atoms with Crippen molar-refractivity contribution in [1.82, 2.24) is 14.9 Å². The van der Waals surface area contributed by atoms with Crippen LogP contribution in [0.2, 0.25) is 5.02 Å². The second-order valence-electron chi connectivity index (χ2n) is 6.69. The number of rotatable bonds is 5. The highest BCUT2D eigenvalue weighted by Crippen LogP contribution is 2.33. The standard InChI is InChI=1S/C19H23ClN4O2/c1-4-26-18-14(20)6-5-7-15(18)23-19(25)24-10-13-9-21-17(8-12(2)3)22-16(13)11-24/h5-7,9,12H,4,8,10-11H2,1-3H3,(H,23,25). The van der Waals surface area contributed by atoms with Crippen LogP contribution in [0.3, 0.4) is 0 Å². The Hall–Kier alpha value is -2.34. The van der Waals surface area contributed by atoms with E-state index in [2.05, 4.69) is 29.1 Å². The average Bonchev–Trinajstić information content (AvgIpc) is 3.01. The molecule has 1 aromatic heterocycles. The van der Waals surface area contributed by atoms with Crippen LogP contribution < -0.4 is 10.1 Å². The molecular formula is C19H23ClN4O2. The lowest BCUT2D eigenvalue weighted by Crippen LogP contribution is -2.30. The molecule has 1 aliphatic heterocycles. The van der Waals surface area contributed by atoms with Gasteiger partial charge >= 0.3 is 6.03 Å². The van der Waals surface area contributed by atoms with E-state index in [1.807, 2.05) is 13.1 Å².